The number of hydrogen-bond donors (Lipinski definition) is 3. The zero-order valence-electron chi connectivity index (χ0n) is 34.8. The maximum Gasteiger partial charge on any atom is 0.264 e. The van der Waals surface area contributed by atoms with Crippen molar-refractivity contribution < 1.29 is 24.0 Å². The molecule has 4 aromatic rings. The number of piperidine rings is 1. The van der Waals surface area contributed by atoms with E-state index < -0.39 is 23.8 Å². The molecule has 1 atom stereocenters. The van der Waals surface area contributed by atoms with Gasteiger partial charge in [0.15, 0.2) is 11.6 Å². The Morgan fingerprint density at radius 1 is 0.918 bits per heavy atom. The smallest absolute Gasteiger partial charge is 0.264 e. The van der Waals surface area contributed by atoms with E-state index >= 15 is 0 Å². The normalized spacial score (nSPS) is 18.5. The lowest BCUT2D eigenvalue weighted by atomic mass is 10.0. The number of carbonyl (C=O) groups excluding carboxylic acids is 5. The Kier molecular flexibility index (Phi) is 12.1. The number of imide groups is 1. The number of hydrogen-bond acceptors (Lipinski definition) is 13. The number of pyridine rings is 2. The van der Waals surface area contributed by atoms with Crippen LogP contribution in [-0.4, -0.2) is 104 Å². The first-order valence-corrected chi connectivity index (χ1v) is 21.4. The summed E-state index contributed by atoms with van der Waals surface area (Å²) in [6, 6.07) is 7.97. The third-order valence-electron chi connectivity index (χ3n) is 12.5. The van der Waals surface area contributed by atoms with Crippen molar-refractivity contribution in [1.82, 2.24) is 34.6 Å². The summed E-state index contributed by atoms with van der Waals surface area (Å²) in [5.74, 6) is -0.760. The maximum absolute atomic E-state index is 13.6. The Morgan fingerprint density at radius 2 is 1.70 bits per heavy atom. The highest BCUT2D eigenvalue weighted by atomic mass is 16.2. The molecule has 1 saturated carbocycles. The number of aromatic nitrogens is 4. The minimum atomic E-state index is -0.892. The van der Waals surface area contributed by atoms with E-state index in [1.165, 1.54) is 6.92 Å². The fourth-order valence-electron chi connectivity index (χ4n) is 9.16. The molecule has 16 heteroatoms. The molecule has 1 aromatic carbocycles. The summed E-state index contributed by atoms with van der Waals surface area (Å²) in [5.41, 5.74) is 3.51. The number of carbonyl (C=O) groups is 5. The average Bonchev–Trinajstić information content (AvgIpc) is 3.86. The molecule has 0 spiro atoms. The lowest BCUT2D eigenvalue weighted by molar-refractivity contribution is -0.125. The van der Waals surface area contributed by atoms with E-state index in [1.807, 2.05) is 18.3 Å². The highest BCUT2D eigenvalue weighted by Gasteiger charge is 2.45. The zero-order chi connectivity index (χ0) is 42.8. The molecule has 6 heterocycles. The Hall–Kier alpha value is -6.29. The lowest BCUT2D eigenvalue weighted by Gasteiger charge is -2.36. The highest BCUT2D eigenvalue weighted by Crippen LogP contribution is 2.34. The number of aryl methyl sites for hydroxylation is 1. The summed E-state index contributed by atoms with van der Waals surface area (Å²) in [6.45, 7) is 11.6. The summed E-state index contributed by atoms with van der Waals surface area (Å²) in [6.07, 6.45) is 11.2. The topological polar surface area (TPSA) is 192 Å². The molecule has 0 radical (unpaired) electrons. The molecule has 3 aromatic heterocycles. The standard InChI is InChI=1S/C45H52N10O6/c1-27-15-17-36(41(58)49-27)55-42(59)33-13-9-14-35(39(33)44(55)61)46-25-32(57)12-5-4-8-19-52-20-22-53(23-21-52)31-16-18-37(47-24-31)50-45-48-26-34-28(2)38(29(3)56)43(60)54(40(34)51-45)30-10-6-7-11-30/h9,13-14,16,18,24,26,30,36,46H,1,4-8,10-12,15,17,19-23,25H2,2-3H3,(H,49,58)(H,47,48,50,51). The number of benzene rings is 1. The van der Waals surface area contributed by atoms with Crippen molar-refractivity contribution in [1.29, 1.82) is 0 Å². The minimum Gasteiger partial charge on any atom is -0.377 e. The quantitative estimate of drug-likeness (QED) is 0.0795. The number of Topliss-reactive ketones (excluding diaryl/α,β-unsaturated/α-hetero) is 2. The molecule has 16 nitrogen and oxygen atoms in total. The van der Waals surface area contributed by atoms with Gasteiger partial charge in [0.2, 0.25) is 11.9 Å². The number of anilines is 4. The number of nitrogens with one attached hydrogen (secondary N) is 3. The van der Waals surface area contributed by atoms with Crippen molar-refractivity contribution in [2.24, 2.45) is 0 Å². The molecule has 3 amide bonds. The average molecular weight is 829 g/mol. The second-order valence-electron chi connectivity index (χ2n) is 16.5. The number of allylic oxidation sites excluding steroid dienone is 1. The fraction of sp³-hybridized carbons (Fsp3) is 0.444. The van der Waals surface area contributed by atoms with Gasteiger partial charge in [-0.05, 0) is 88.7 Å². The highest BCUT2D eigenvalue weighted by molar-refractivity contribution is 6.25. The Bertz CT molecular complexity index is 2470. The Labute approximate surface area is 353 Å². The van der Waals surface area contributed by atoms with Gasteiger partial charge in [0.25, 0.3) is 17.4 Å². The summed E-state index contributed by atoms with van der Waals surface area (Å²) in [5, 5.41) is 9.62. The SMILES string of the molecule is C=C1CCC(N2C(=O)c3cccc(NCC(=O)CCCCCN4CCN(c5ccc(Nc6ncc7c(C)c(C(C)=O)c(=O)n(C8CCCC8)c7n6)nc5)CC4)c3C2=O)C(=O)N1. The van der Waals surface area contributed by atoms with Crippen molar-refractivity contribution in [3.63, 3.8) is 0 Å². The molecule has 1 aliphatic carbocycles. The number of fused-ring (bicyclic) bond motifs is 2. The molecule has 4 aliphatic rings. The molecule has 8 rings (SSSR count). The van der Waals surface area contributed by atoms with Gasteiger partial charge < -0.3 is 20.9 Å². The molecule has 1 unspecified atom stereocenters. The molecule has 3 aliphatic heterocycles. The van der Waals surface area contributed by atoms with Gasteiger partial charge in [-0.3, -0.25) is 43.1 Å². The molecule has 3 fully saturated rings. The van der Waals surface area contributed by atoms with Crippen molar-refractivity contribution in [3.8, 4) is 0 Å². The molecule has 318 valence electrons. The first kappa shape index (κ1) is 41.4. The number of ketones is 2. The first-order chi connectivity index (χ1) is 29.5. The number of amides is 3. The first-order valence-electron chi connectivity index (χ1n) is 21.4. The van der Waals surface area contributed by atoms with Gasteiger partial charge in [0, 0.05) is 61.6 Å². The number of piperazine rings is 1. The minimum absolute atomic E-state index is 0.00255. The second kappa shape index (κ2) is 17.7. The number of nitrogens with zero attached hydrogens (tertiary/aromatic N) is 7. The van der Waals surface area contributed by atoms with E-state index in [1.54, 1.807) is 35.9 Å². The second-order valence-corrected chi connectivity index (χ2v) is 16.5. The van der Waals surface area contributed by atoms with Gasteiger partial charge in [-0.2, -0.15) is 4.98 Å². The van der Waals surface area contributed by atoms with E-state index in [-0.39, 0.29) is 46.4 Å². The molecule has 0 bridgehead atoms. The van der Waals surface area contributed by atoms with Crippen LogP contribution in [0.15, 0.2) is 59.8 Å². The Balaban J connectivity index is 0.768. The third-order valence-corrected chi connectivity index (χ3v) is 12.5. The van der Waals surface area contributed by atoms with Gasteiger partial charge in [0.1, 0.15) is 17.5 Å². The number of unbranched alkanes of at least 4 members (excludes halogenated alkanes) is 2. The van der Waals surface area contributed by atoms with Crippen LogP contribution in [0.3, 0.4) is 0 Å². The van der Waals surface area contributed by atoms with Crippen LogP contribution in [0.5, 0.6) is 0 Å². The van der Waals surface area contributed by atoms with Crippen LogP contribution in [-0.2, 0) is 9.59 Å². The van der Waals surface area contributed by atoms with Gasteiger partial charge in [-0.1, -0.05) is 31.9 Å². The summed E-state index contributed by atoms with van der Waals surface area (Å²) in [4.78, 5) is 97.7. The van der Waals surface area contributed by atoms with E-state index in [9.17, 15) is 28.8 Å². The van der Waals surface area contributed by atoms with Crippen LogP contribution >= 0.6 is 0 Å². The lowest BCUT2D eigenvalue weighted by Crippen LogP contribution is -2.51. The largest absolute Gasteiger partial charge is 0.377 e. The van der Waals surface area contributed by atoms with E-state index in [2.05, 4.69) is 42.3 Å². The van der Waals surface area contributed by atoms with Gasteiger partial charge in [-0.15, -0.1) is 0 Å². The molecule has 61 heavy (non-hydrogen) atoms. The van der Waals surface area contributed by atoms with Crippen molar-refractivity contribution in [3.05, 3.63) is 87.6 Å². The van der Waals surface area contributed by atoms with Crippen molar-refractivity contribution in [2.75, 3.05) is 54.8 Å². The number of rotatable bonds is 15. The predicted molar refractivity (Wildman–Crippen MR) is 231 cm³/mol. The molecule has 2 saturated heterocycles. The molecular weight excluding hydrogens is 777 g/mol. The van der Waals surface area contributed by atoms with Crippen molar-refractivity contribution >= 4 is 63.5 Å². The van der Waals surface area contributed by atoms with Crippen LogP contribution in [0, 0.1) is 6.92 Å². The van der Waals surface area contributed by atoms with E-state index in [4.69, 9.17) is 4.98 Å². The maximum atomic E-state index is 13.6. The van der Waals surface area contributed by atoms with Crippen LogP contribution in [0.4, 0.5) is 23.1 Å². The Morgan fingerprint density at radius 3 is 2.43 bits per heavy atom. The van der Waals surface area contributed by atoms with E-state index in [0.29, 0.717) is 59.0 Å². The summed E-state index contributed by atoms with van der Waals surface area (Å²) < 4.78 is 1.71. The van der Waals surface area contributed by atoms with E-state index in [0.717, 1.165) is 88.3 Å². The predicted octanol–water partition coefficient (Wildman–Crippen LogP) is 5.31. The van der Waals surface area contributed by atoms with Gasteiger partial charge >= 0.3 is 0 Å². The van der Waals surface area contributed by atoms with Crippen LogP contribution < -0.4 is 26.4 Å². The molecule has 3 N–H and O–H groups in total. The molecular formula is C45H52N10O6. The van der Waals surface area contributed by atoms with Crippen LogP contribution in [0.25, 0.3) is 11.0 Å². The monoisotopic (exact) mass is 828 g/mol. The summed E-state index contributed by atoms with van der Waals surface area (Å²) >= 11 is 0. The fourth-order valence-corrected chi connectivity index (χ4v) is 9.16. The van der Waals surface area contributed by atoms with Gasteiger partial charge in [0.05, 0.1) is 35.1 Å². The third kappa shape index (κ3) is 8.54. The zero-order valence-corrected chi connectivity index (χ0v) is 34.8. The van der Waals surface area contributed by atoms with Crippen LogP contribution in [0.1, 0.15) is 114 Å². The van der Waals surface area contributed by atoms with Gasteiger partial charge in [-0.25, -0.2) is 9.97 Å². The summed E-state index contributed by atoms with van der Waals surface area (Å²) in [7, 11) is 0. The van der Waals surface area contributed by atoms with Crippen molar-refractivity contribution in [2.45, 2.75) is 90.1 Å². The van der Waals surface area contributed by atoms with Crippen LogP contribution in [0.2, 0.25) is 0 Å².